The number of carbonyl (C=O) groups is 1. The van der Waals surface area contributed by atoms with Crippen LogP contribution in [0.3, 0.4) is 0 Å². The first-order valence-corrected chi connectivity index (χ1v) is 9.80. The third-order valence-corrected chi connectivity index (χ3v) is 4.75. The van der Waals surface area contributed by atoms with E-state index in [1.165, 1.54) is 24.1 Å². The van der Waals surface area contributed by atoms with Crippen molar-refractivity contribution in [2.45, 2.75) is 50.2 Å². The van der Waals surface area contributed by atoms with E-state index in [2.05, 4.69) is 4.72 Å². The number of amides is 1. The Morgan fingerprint density at radius 1 is 1.30 bits per heavy atom. The molecule has 1 N–H and O–H groups in total. The number of rotatable bonds is 7. The second-order valence-electron chi connectivity index (χ2n) is 7.28. The number of hydrogen-bond donors (Lipinski definition) is 1. The van der Waals surface area contributed by atoms with Gasteiger partial charge < -0.3 is 14.4 Å². The molecular weight excluding hydrogens is 370 g/mol. The summed E-state index contributed by atoms with van der Waals surface area (Å²) in [4.78, 5) is 24.9. The summed E-state index contributed by atoms with van der Waals surface area (Å²) >= 11 is 1.41. The zero-order chi connectivity index (χ0) is 19.9. The number of ether oxygens (including phenoxy) is 2. The molecule has 0 saturated carbocycles. The Bertz CT molecular complexity index is 625. The van der Waals surface area contributed by atoms with Crippen LogP contribution in [-0.2, 0) is 9.47 Å². The summed E-state index contributed by atoms with van der Waals surface area (Å²) < 4.78 is 14.4. The number of hydrogen-bond acceptors (Lipinski definition) is 7. The maximum absolute atomic E-state index is 12.0. The quantitative estimate of drug-likeness (QED) is 0.325. The number of carbonyl (C=O) groups excluding carboxylic acids is 1. The molecule has 1 aliphatic rings. The number of nitro benzene ring substituents is 1. The highest BCUT2D eigenvalue weighted by Crippen LogP contribution is 2.19. The molecule has 8 nitrogen and oxygen atoms in total. The van der Waals surface area contributed by atoms with Gasteiger partial charge in [-0.1, -0.05) is 0 Å². The second-order valence-corrected chi connectivity index (χ2v) is 8.25. The number of non-ortho nitro benzene ring substituents is 1. The fraction of sp³-hybridized carbons (Fsp3) is 0.611. The monoisotopic (exact) mass is 397 g/mol. The minimum Gasteiger partial charge on any atom is -0.444 e. The molecule has 2 rings (SSSR count). The van der Waals surface area contributed by atoms with Crippen LogP contribution in [0.1, 0.15) is 33.6 Å². The van der Waals surface area contributed by atoms with Crippen LogP contribution in [-0.4, -0.2) is 53.9 Å². The second kappa shape index (κ2) is 9.91. The Hall–Kier alpha value is -1.84. The van der Waals surface area contributed by atoms with Crippen LogP contribution in [0.5, 0.6) is 0 Å². The number of benzene rings is 1. The normalized spacial score (nSPS) is 15.6. The first kappa shape index (κ1) is 21.5. The molecule has 150 valence electrons. The lowest BCUT2D eigenvalue weighted by molar-refractivity contribution is -0.384. The Morgan fingerprint density at radius 2 is 1.93 bits per heavy atom. The van der Waals surface area contributed by atoms with E-state index < -0.39 is 10.5 Å². The van der Waals surface area contributed by atoms with E-state index in [1.807, 2.05) is 20.8 Å². The predicted molar refractivity (Wildman–Crippen MR) is 104 cm³/mol. The number of likely N-dealkylation sites (tertiary alicyclic amines) is 1. The average molecular weight is 397 g/mol. The van der Waals surface area contributed by atoms with Gasteiger partial charge >= 0.3 is 6.09 Å². The summed E-state index contributed by atoms with van der Waals surface area (Å²) in [5, 5.41) is 10.6. The predicted octanol–water partition coefficient (Wildman–Crippen LogP) is 3.61. The molecule has 1 fully saturated rings. The molecule has 0 aromatic heterocycles. The molecule has 1 heterocycles. The summed E-state index contributed by atoms with van der Waals surface area (Å²) in [6, 6.07) is 6.39. The van der Waals surface area contributed by atoms with Crippen molar-refractivity contribution in [1.29, 1.82) is 0 Å². The zero-order valence-electron chi connectivity index (χ0n) is 16.0. The molecule has 1 aliphatic heterocycles. The van der Waals surface area contributed by atoms with Gasteiger partial charge in [-0.15, -0.1) is 0 Å². The molecule has 0 aliphatic carbocycles. The lowest BCUT2D eigenvalue weighted by atomic mass is 10.1. The molecule has 0 radical (unpaired) electrons. The lowest BCUT2D eigenvalue weighted by Crippen LogP contribution is -2.43. The molecule has 0 unspecified atom stereocenters. The number of nitrogens with zero attached hydrogens (tertiary/aromatic N) is 2. The van der Waals surface area contributed by atoms with Crippen molar-refractivity contribution in [3.05, 3.63) is 34.4 Å². The van der Waals surface area contributed by atoms with E-state index in [0.29, 0.717) is 26.2 Å². The van der Waals surface area contributed by atoms with Gasteiger partial charge in [0.15, 0.2) is 0 Å². The molecule has 1 aromatic rings. The van der Waals surface area contributed by atoms with Crippen LogP contribution in [0.4, 0.5) is 10.5 Å². The maximum Gasteiger partial charge on any atom is 0.410 e. The molecule has 0 spiro atoms. The molecule has 9 heteroatoms. The minimum absolute atomic E-state index is 0.0837. The molecule has 0 bridgehead atoms. The van der Waals surface area contributed by atoms with Gasteiger partial charge in [-0.05, 0) is 57.7 Å². The third-order valence-electron chi connectivity index (χ3n) is 3.89. The smallest absolute Gasteiger partial charge is 0.410 e. The largest absolute Gasteiger partial charge is 0.444 e. The van der Waals surface area contributed by atoms with Crippen LogP contribution in [0.15, 0.2) is 29.2 Å². The van der Waals surface area contributed by atoms with Gasteiger partial charge in [-0.25, -0.2) is 4.79 Å². The summed E-state index contributed by atoms with van der Waals surface area (Å²) in [5.74, 6) is 0. The van der Waals surface area contributed by atoms with Crippen molar-refractivity contribution in [3.63, 3.8) is 0 Å². The van der Waals surface area contributed by atoms with E-state index in [9.17, 15) is 14.9 Å². The van der Waals surface area contributed by atoms with Gasteiger partial charge in [0, 0.05) is 36.7 Å². The zero-order valence-corrected chi connectivity index (χ0v) is 16.8. The maximum atomic E-state index is 12.0. The third kappa shape index (κ3) is 7.74. The first-order chi connectivity index (χ1) is 12.7. The van der Waals surface area contributed by atoms with Gasteiger partial charge in [0.25, 0.3) is 5.69 Å². The number of piperidine rings is 1. The van der Waals surface area contributed by atoms with Gasteiger partial charge in [0.1, 0.15) is 5.60 Å². The summed E-state index contributed by atoms with van der Waals surface area (Å²) in [6.07, 6.45) is 1.49. The number of nitrogens with one attached hydrogen (secondary N) is 1. The average Bonchev–Trinajstić information content (AvgIpc) is 2.61. The first-order valence-electron chi connectivity index (χ1n) is 8.98. The van der Waals surface area contributed by atoms with E-state index in [-0.39, 0.29) is 17.9 Å². The standard InChI is InChI=1S/C18H27N3O5S/c1-18(2,3)26-17(22)20-11-8-15(9-12-20)25-13-10-19-27-16-6-4-14(5-7-16)21(23)24/h4-7,15,19H,8-13H2,1-3H3. The van der Waals surface area contributed by atoms with Gasteiger partial charge in [-0.3, -0.25) is 14.8 Å². The van der Waals surface area contributed by atoms with E-state index in [1.54, 1.807) is 17.0 Å². The highest BCUT2D eigenvalue weighted by atomic mass is 32.2. The fourth-order valence-electron chi connectivity index (χ4n) is 2.57. The van der Waals surface area contributed by atoms with Crippen molar-refractivity contribution in [3.8, 4) is 0 Å². The summed E-state index contributed by atoms with van der Waals surface area (Å²) in [7, 11) is 0. The minimum atomic E-state index is -0.475. The van der Waals surface area contributed by atoms with E-state index >= 15 is 0 Å². The van der Waals surface area contributed by atoms with E-state index in [0.717, 1.165) is 17.7 Å². The highest BCUT2D eigenvalue weighted by molar-refractivity contribution is 7.97. The van der Waals surface area contributed by atoms with Crippen LogP contribution >= 0.6 is 11.9 Å². The van der Waals surface area contributed by atoms with E-state index in [4.69, 9.17) is 9.47 Å². The molecule has 1 saturated heterocycles. The van der Waals surface area contributed by atoms with Gasteiger partial charge in [0.05, 0.1) is 17.6 Å². The fourth-order valence-corrected chi connectivity index (χ4v) is 3.19. The highest BCUT2D eigenvalue weighted by Gasteiger charge is 2.27. The molecule has 1 aromatic carbocycles. The number of nitro groups is 1. The van der Waals surface area contributed by atoms with Crippen LogP contribution in [0.2, 0.25) is 0 Å². The topological polar surface area (TPSA) is 93.9 Å². The Labute approximate surface area is 163 Å². The molecule has 27 heavy (non-hydrogen) atoms. The van der Waals surface area contributed by atoms with Crippen molar-refractivity contribution < 1.29 is 19.2 Å². The molecule has 0 atom stereocenters. The molecule has 1 amide bonds. The SMILES string of the molecule is CC(C)(C)OC(=O)N1CCC(OCCNSc2ccc([N+](=O)[O-])cc2)CC1. The van der Waals surface area contributed by atoms with Crippen LogP contribution < -0.4 is 4.72 Å². The van der Waals surface area contributed by atoms with Crippen LogP contribution in [0.25, 0.3) is 0 Å². The Kier molecular flexibility index (Phi) is 7.88. The van der Waals surface area contributed by atoms with Gasteiger partial charge in [-0.2, -0.15) is 0 Å². The lowest BCUT2D eigenvalue weighted by Gasteiger charge is -2.33. The summed E-state index contributed by atoms with van der Waals surface area (Å²) in [6.45, 7) is 8.10. The van der Waals surface area contributed by atoms with Crippen molar-refractivity contribution in [1.82, 2.24) is 9.62 Å². The van der Waals surface area contributed by atoms with Crippen molar-refractivity contribution in [2.24, 2.45) is 0 Å². The molecular formula is C18H27N3O5S. The van der Waals surface area contributed by atoms with Crippen LogP contribution in [0, 0.1) is 10.1 Å². The summed E-state index contributed by atoms with van der Waals surface area (Å²) in [5.41, 5.74) is -0.391. The van der Waals surface area contributed by atoms with Gasteiger partial charge in [0.2, 0.25) is 0 Å². The van der Waals surface area contributed by atoms with Crippen molar-refractivity contribution >= 4 is 23.7 Å². The Balaban J connectivity index is 1.58. The Morgan fingerprint density at radius 3 is 2.48 bits per heavy atom. The van der Waals surface area contributed by atoms with Crippen molar-refractivity contribution in [2.75, 3.05) is 26.2 Å².